The van der Waals surface area contributed by atoms with Gasteiger partial charge in [-0.05, 0) is 37.2 Å². The molecule has 2 rings (SSSR count). The van der Waals surface area contributed by atoms with E-state index in [1.807, 2.05) is 24.3 Å². The first-order valence-corrected chi connectivity index (χ1v) is 7.67. The highest BCUT2D eigenvalue weighted by Gasteiger charge is 2.03. The van der Waals surface area contributed by atoms with Crippen molar-refractivity contribution in [1.82, 2.24) is 10.3 Å². The van der Waals surface area contributed by atoms with Crippen molar-refractivity contribution >= 4 is 23.4 Å². The minimum atomic E-state index is 0.659. The molecule has 0 atom stereocenters. The number of aromatic nitrogens is 1. The molecule has 2 heterocycles. The third kappa shape index (κ3) is 4.90. The Morgan fingerprint density at radius 2 is 2.11 bits per heavy atom. The summed E-state index contributed by atoms with van der Waals surface area (Å²) < 4.78 is 5.74. The predicted molar refractivity (Wildman–Crippen MR) is 79.5 cm³/mol. The Labute approximate surface area is 122 Å². The quantitative estimate of drug-likeness (QED) is 0.616. The third-order valence-electron chi connectivity index (χ3n) is 2.51. The molecule has 0 aliphatic heterocycles. The molecule has 0 aliphatic rings. The van der Waals surface area contributed by atoms with Crippen molar-refractivity contribution in [2.24, 2.45) is 0 Å². The van der Waals surface area contributed by atoms with Gasteiger partial charge in [0.1, 0.15) is 11.5 Å². The smallest absolute Gasteiger partial charge is 0.118 e. The zero-order valence-electron chi connectivity index (χ0n) is 10.9. The van der Waals surface area contributed by atoms with Crippen LogP contribution in [0.4, 0.5) is 0 Å². The second-order valence-corrected chi connectivity index (χ2v) is 5.58. The zero-order valence-corrected chi connectivity index (χ0v) is 12.4. The number of hydrogen-bond acceptors (Lipinski definition) is 4. The van der Waals surface area contributed by atoms with Crippen LogP contribution in [0, 0.1) is 0 Å². The first-order valence-electron chi connectivity index (χ1n) is 6.30. The molecule has 0 aromatic carbocycles. The average Bonchev–Trinajstić information content (AvgIpc) is 2.86. The van der Waals surface area contributed by atoms with Crippen LogP contribution in [-0.4, -0.2) is 11.5 Å². The molecule has 0 bridgehead atoms. The monoisotopic (exact) mass is 296 g/mol. The Bertz CT molecular complexity index is 498. The number of halogens is 1. The highest BCUT2D eigenvalue weighted by atomic mass is 35.5. The molecular formula is C14H17ClN2OS. The molecule has 0 radical (unpaired) electrons. The fourth-order valence-electron chi connectivity index (χ4n) is 1.58. The lowest BCUT2D eigenvalue weighted by Crippen LogP contribution is -2.12. The van der Waals surface area contributed by atoms with Crippen molar-refractivity contribution in [1.29, 1.82) is 0 Å². The third-order valence-corrected chi connectivity index (χ3v) is 3.70. The summed E-state index contributed by atoms with van der Waals surface area (Å²) in [7, 11) is 0. The van der Waals surface area contributed by atoms with Crippen LogP contribution in [0.5, 0.6) is 0 Å². The Kier molecular flexibility index (Phi) is 5.76. The second-order valence-electron chi connectivity index (χ2n) is 4.15. The standard InChI is InChI=1S/C14H17ClN2OS/c1-2-7-16-9-12-4-5-13(18-12)10-19-14-6-3-11(15)8-17-14/h3-6,8,16H,2,7,9-10H2,1H3. The van der Waals surface area contributed by atoms with E-state index in [-0.39, 0.29) is 0 Å². The van der Waals surface area contributed by atoms with Crippen molar-refractivity contribution in [3.8, 4) is 0 Å². The van der Waals surface area contributed by atoms with Gasteiger partial charge in [0.25, 0.3) is 0 Å². The van der Waals surface area contributed by atoms with Crippen LogP contribution < -0.4 is 5.32 Å². The van der Waals surface area contributed by atoms with E-state index < -0.39 is 0 Å². The molecule has 0 unspecified atom stereocenters. The summed E-state index contributed by atoms with van der Waals surface area (Å²) in [5, 5.41) is 4.93. The van der Waals surface area contributed by atoms with Crippen LogP contribution in [0.1, 0.15) is 24.9 Å². The summed E-state index contributed by atoms with van der Waals surface area (Å²) in [5.74, 6) is 2.73. The van der Waals surface area contributed by atoms with E-state index in [0.717, 1.165) is 41.8 Å². The van der Waals surface area contributed by atoms with E-state index in [9.17, 15) is 0 Å². The molecule has 0 aliphatic carbocycles. The molecule has 0 amide bonds. The summed E-state index contributed by atoms with van der Waals surface area (Å²) in [5.41, 5.74) is 0. The van der Waals surface area contributed by atoms with Gasteiger partial charge in [0.15, 0.2) is 0 Å². The van der Waals surface area contributed by atoms with Crippen molar-refractivity contribution < 1.29 is 4.42 Å². The number of furan rings is 1. The SMILES string of the molecule is CCCNCc1ccc(CSc2ccc(Cl)cn2)o1. The Balaban J connectivity index is 1.81. The van der Waals surface area contributed by atoms with Crippen molar-refractivity contribution in [2.45, 2.75) is 30.7 Å². The maximum absolute atomic E-state index is 5.80. The molecule has 0 saturated carbocycles. The number of thioether (sulfide) groups is 1. The molecule has 19 heavy (non-hydrogen) atoms. The Morgan fingerprint density at radius 1 is 1.26 bits per heavy atom. The Hall–Kier alpha value is -0.970. The van der Waals surface area contributed by atoms with E-state index >= 15 is 0 Å². The number of pyridine rings is 1. The Morgan fingerprint density at radius 3 is 2.84 bits per heavy atom. The van der Waals surface area contributed by atoms with Crippen molar-refractivity contribution in [3.63, 3.8) is 0 Å². The van der Waals surface area contributed by atoms with Gasteiger partial charge in [-0.3, -0.25) is 0 Å². The largest absolute Gasteiger partial charge is 0.464 e. The zero-order chi connectivity index (χ0) is 13.5. The summed E-state index contributed by atoms with van der Waals surface area (Å²) in [4.78, 5) is 4.24. The highest BCUT2D eigenvalue weighted by Crippen LogP contribution is 2.22. The molecule has 102 valence electrons. The van der Waals surface area contributed by atoms with Gasteiger partial charge in [-0.25, -0.2) is 4.98 Å². The molecule has 2 aromatic heterocycles. The fourth-order valence-corrected chi connectivity index (χ4v) is 2.42. The first kappa shape index (κ1) is 14.4. The van der Waals surface area contributed by atoms with Crippen LogP contribution >= 0.6 is 23.4 Å². The summed E-state index contributed by atoms with van der Waals surface area (Å²) >= 11 is 7.44. The molecule has 3 nitrogen and oxygen atoms in total. The second kappa shape index (κ2) is 7.58. The minimum Gasteiger partial charge on any atom is -0.464 e. The topological polar surface area (TPSA) is 38.1 Å². The van der Waals surface area contributed by atoms with Gasteiger partial charge in [0, 0.05) is 6.20 Å². The lowest BCUT2D eigenvalue weighted by atomic mass is 10.4. The molecule has 0 spiro atoms. The van der Waals surface area contributed by atoms with E-state index in [2.05, 4.69) is 17.2 Å². The molecule has 2 aromatic rings. The molecule has 1 N–H and O–H groups in total. The number of hydrogen-bond donors (Lipinski definition) is 1. The summed E-state index contributed by atoms with van der Waals surface area (Å²) in [6.07, 6.45) is 2.79. The maximum atomic E-state index is 5.80. The number of rotatable bonds is 7. The van der Waals surface area contributed by atoms with Gasteiger partial charge in [0.2, 0.25) is 0 Å². The lowest BCUT2D eigenvalue weighted by molar-refractivity contribution is 0.459. The van der Waals surface area contributed by atoms with E-state index in [1.54, 1.807) is 18.0 Å². The predicted octanol–water partition coefficient (Wildman–Crippen LogP) is 4.12. The van der Waals surface area contributed by atoms with E-state index in [1.165, 1.54) is 0 Å². The van der Waals surface area contributed by atoms with Crippen LogP contribution in [-0.2, 0) is 12.3 Å². The normalized spacial score (nSPS) is 10.8. The minimum absolute atomic E-state index is 0.659. The molecule has 0 saturated heterocycles. The highest BCUT2D eigenvalue weighted by molar-refractivity contribution is 7.98. The van der Waals surface area contributed by atoms with Crippen molar-refractivity contribution in [3.05, 3.63) is 47.0 Å². The summed E-state index contributed by atoms with van der Waals surface area (Å²) in [6, 6.07) is 7.80. The van der Waals surface area contributed by atoms with Gasteiger partial charge in [-0.1, -0.05) is 30.3 Å². The van der Waals surface area contributed by atoms with Crippen LogP contribution in [0.15, 0.2) is 39.9 Å². The number of nitrogens with one attached hydrogen (secondary N) is 1. The van der Waals surface area contributed by atoms with Gasteiger partial charge >= 0.3 is 0 Å². The van der Waals surface area contributed by atoms with Gasteiger partial charge in [-0.2, -0.15) is 0 Å². The van der Waals surface area contributed by atoms with Crippen LogP contribution in [0.2, 0.25) is 5.02 Å². The molecule has 0 fully saturated rings. The molecular weight excluding hydrogens is 280 g/mol. The lowest BCUT2D eigenvalue weighted by Gasteiger charge is -2.00. The summed E-state index contributed by atoms with van der Waals surface area (Å²) in [6.45, 7) is 3.95. The van der Waals surface area contributed by atoms with Crippen LogP contribution in [0.25, 0.3) is 0 Å². The van der Waals surface area contributed by atoms with Crippen molar-refractivity contribution in [2.75, 3.05) is 6.54 Å². The van der Waals surface area contributed by atoms with E-state index in [4.69, 9.17) is 16.0 Å². The van der Waals surface area contributed by atoms with Gasteiger partial charge in [0.05, 0.1) is 22.3 Å². The average molecular weight is 297 g/mol. The van der Waals surface area contributed by atoms with E-state index in [0.29, 0.717) is 5.02 Å². The molecule has 5 heteroatoms. The van der Waals surface area contributed by atoms with Crippen LogP contribution in [0.3, 0.4) is 0 Å². The number of nitrogens with zero attached hydrogens (tertiary/aromatic N) is 1. The van der Waals surface area contributed by atoms with Gasteiger partial charge in [-0.15, -0.1) is 0 Å². The van der Waals surface area contributed by atoms with Gasteiger partial charge < -0.3 is 9.73 Å². The maximum Gasteiger partial charge on any atom is 0.118 e. The fraction of sp³-hybridized carbons (Fsp3) is 0.357. The first-order chi connectivity index (χ1) is 9.28.